The molecule has 20 heavy (non-hydrogen) atoms. The van der Waals surface area contributed by atoms with Crippen LogP contribution in [0, 0.1) is 25.5 Å². The quantitative estimate of drug-likeness (QED) is 0.549. The first kappa shape index (κ1) is 15.6. The first-order valence-corrected chi connectivity index (χ1v) is 7.94. The van der Waals surface area contributed by atoms with Crippen molar-refractivity contribution in [3.8, 4) is 0 Å². The van der Waals surface area contributed by atoms with Crippen LogP contribution >= 0.6 is 31.9 Å². The molecule has 2 rings (SSSR count). The highest BCUT2D eigenvalue weighted by atomic mass is 79.9. The number of rotatable bonds is 3. The molecule has 0 bridgehead atoms. The Balaban J connectivity index is 2.28. The molecule has 1 unspecified atom stereocenters. The Labute approximate surface area is 134 Å². The number of halogens is 4. The third-order valence-electron chi connectivity index (χ3n) is 3.30. The molecule has 2 aromatic rings. The molecule has 0 spiro atoms. The van der Waals surface area contributed by atoms with Gasteiger partial charge in [-0.05, 0) is 54.7 Å². The van der Waals surface area contributed by atoms with Crippen LogP contribution in [-0.2, 0) is 6.42 Å². The van der Waals surface area contributed by atoms with Gasteiger partial charge < -0.3 is 0 Å². The van der Waals surface area contributed by atoms with E-state index in [1.54, 1.807) is 0 Å². The van der Waals surface area contributed by atoms with Gasteiger partial charge in [-0.1, -0.05) is 44.0 Å². The van der Waals surface area contributed by atoms with Gasteiger partial charge in [0.1, 0.15) is 11.6 Å². The third-order valence-corrected chi connectivity index (χ3v) is 4.97. The van der Waals surface area contributed by atoms with Gasteiger partial charge in [0.25, 0.3) is 0 Å². The van der Waals surface area contributed by atoms with E-state index in [0.717, 1.165) is 27.2 Å². The second-order valence-electron chi connectivity index (χ2n) is 4.87. The zero-order chi connectivity index (χ0) is 14.9. The molecule has 0 fully saturated rings. The summed E-state index contributed by atoms with van der Waals surface area (Å²) in [5.41, 5.74) is 3.89. The third kappa shape index (κ3) is 3.47. The molecule has 0 radical (unpaired) electrons. The van der Waals surface area contributed by atoms with Crippen molar-refractivity contribution in [2.24, 2.45) is 0 Å². The van der Waals surface area contributed by atoms with Gasteiger partial charge in [-0.2, -0.15) is 0 Å². The van der Waals surface area contributed by atoms with E-state index >= 15 is 0 Å². The lowest BCUT2D eigenvalue weighted by Gasteiger charge is -2.15. The molecule has 2 aromatic carbocycles. The maximum absolute atomic E-state index is 13.7. The Hall–Kier alpha value is -0.740. The second-order valence-corrected chi connectivity index (χ2v) is 6.83. The van der Waals surface area contributed by atoms with E-state index in [1.807, 2.05) is 13.8 Å². The molecule has 4 heteroatoms. The standard InChI is InChI=1S/C16H14Br2F2/c1-9-6-14(17)10(2)5-13(9)15(18)7-11-3-4-12(19)8-16(11)20/h3-6,8,15H,7H2,1-2H3. The maximum Gasteiger partial charge on any atom is 0.129 e. The molecule has 106 valence electrons. The molecule has 0 aliphatic heterocycles. The molecule has 0 N–H and O–H groups in total. The zero-order valence-corrected chi connectivity index (χ0v) is 14.4. The van der Waals surface area contributed by atoms with Crippen molar-refractivity contribution in [2.75, 3.05) is 0 Å². The van der Waals surface area contributed by atoms with E-state index in [9.17, 15) is 8.78 Å². The van der Waals surface area contributed by atoms with Crippen LogP contribution < -0.4 is 0 Å². The summed E-state index contributed by atoms with van der Waals surface area (Å²) in [5.74, 6) is -1.05. The maximum atomic E-state index is 13.7. The summed E-state index contributed by atoms with van der Waals surface area (Å²) in [4.78, 5) is -0.00531. The van der Waals surface area contributed by atoms with Crippen LogP contribution in [0.1, 0.15) is 27.1 Å². The largest absolute Gasteiger partial charge is 0.207 e. The summed E-state index contributed by atoms with van der Waals surface area (Å²) in [6, 6.07) is 7.85. The van der Waals surface area contributed by atoms with E-state index in [1.165, 1.54) is 12.1 Å². The van der Waals surface area contributed by atoms with Gasteiger partial charge in [0, 0.05) is 15.4 Å². The van der Waals surface area contributed by atoms with Crippen LogP contribution in [0.2, 0.25) is 0 Å². The minimum atomic E-state index is -0.548. The van der Waals surface area contributed by atoms with Crippen LogP contribution in [0.3, 0.4) is 0 Å². The van der Waals surface area contributed by atoms with Crippen molar-refractivity contribution in [2.45, 2.75) is 25.1 Å². The fraction of sp³-hybridized carbons (Fsp3) is 0.250. The molecule has 0 aromatic heterocycles. The molecule has 0 aliphatic rings. The number of hydrogen-bond donors (Lipinski definition) is 0. The average molecular weight is 404 g/mol. The molecular weight excluding hydrogens is 390 g/mol. The minimum Gasteiger partial charge on any atom is -0.207 e. The van der Waals surface area contributed by atoms with E-state index in [2.05, 4.69) is 44.0 Å². The highest BCUT2D eigenvalue weighted by molar-refractivity contribution is 9.10. The number of hydrogen-bond acceptors (Lipinski definition) is 0. The lowest BCUT2D eigenvalue weighted by Crippen LogP contribution is -2.01. The predicted octanol–water partition coefficient (Wildman–Crippen LogP) is 6.02. The Kier molecular flexibility index (Phi) is 4.97. The van der Waals surface area contributed by atoms with Gasteiger partial charge in [-0.15, -0.1) is 0 Å². The highest BCUT2D eigenvalue weighted by Gasteiger charge is 2.15. The minimum absolute atomic E-state index is 0.00531. The molecule has 1 atom stereocenters. The summed E-state index contributed by atoms with van der Waals surface area (Å²) in [5, 5.41) is 0. The monoisotopic (exact) mass is 402 g/mol. The molecule has 0 heterocycles. The van der Waals surface area contributed by atoms with Crippen molar-refractivity contribution in [3.05, 3.63) is 68.7 Å². The van der Waals surface area contributed by atoms with Crippen LogP contribution in [0.15, 0.2) is 34.8 Å². The SMILES string of the molecule is Cc1cc(C(Br)Cc2ccc(F)cc2F)c(C)cc1Br. The van der Waals surface area contributed by atoms with Crippen molar-refractivity contribution < 1.29 is 8.78 Å². The molecule has 0 saturated heterocycles. The van der Waals surface area contributed by atoms with Gasteiger partial charge in [0.2, 0.25) is 0 Å². The molecule has 0 aliphatic carbocycles. The van der Waals surface area contributed by atoms with Gasteiger partial charge in [0.15, 0.2) is 0 Å². The molecule has 0 amide bonds. The van der Waals surface area contributed by atoms with E-state index in [4.69, 9.17) is 0 Å². The first-order chi connectivity index (χ1) is 9.38. The van der Waals surface area contributed by atoms with Crippen LogP contribution in [0.4, 0.5) is 8.78 Å². The summed E-state index contributed by atoms with van der Waals surface area (Å²) in [6.45, 7) is 4.04. The lowest BCUT2D eigenvalue weighted by atomic mass is 9.98. The predicted molar refractivity (Wildman–Crippen MR) is 85.3 cm³/mol. The van der Waals surface area contributed by atoms with Gasteiger partial charge in [-0.25, -0.2) is 8.78 Å². The van der Waals surface area contributed by atoms with Gasteiger partial charge >= 0.3 is 0 Å². The second kappa shape index (κ2) is 6.35. The fourth-order valence-electron chi connectivity index (χ4n) is 2.13. The average Bonchev–Trinajstić information content (AvgIpc) is 2.37. The van der Waals surface area contributed by atoms with E-state index in [-0.39, 0.29) is 4.83 Å². The Morgan fingerprint density at radius 3 is 2.40 bits per heavy atom. The number of benzene rings is 2. The van der Waals surface area contributed by atoms with Crippen molar-refractivity contribution in [1.82, 2.24) is 0 Å². The highest BCUT2D eigenvalue weighted by Crippen LogP contribution is 2.33. The van der Waals surface area contributed by atoms with Crippen LogP contribution in [0.5, 0.6) is 0 Å². The smallest absolute Gasteiger partial charge is 0.129 e. The lowest BCUT2D eigenvalue weighted by molar-refractivity contribution is 0.571. The van der Waals surface area contributed by atoms with Crippen molar-refractivity contribution in [3.63, 3.8) is 0 Å². The summed E-state index contributed by atoms with van der Waals surface area (Å²) in [7, 11) is 0. The summed E-state index contributed by atoms with van der Waals surface area (Å²) < 4.78 is 27.7. The van der Waals surface area contributed by atoms with Crippen molar-refractivity contribution in [1.29, 1.82) is 0 Å². The van der Waals surface area contributed by atoms with Crippen molar-refractivity contribution >= 4 is 31.9 Å². The Morgan fingerprint density at radius 2 is 1.75 bits per heavy atom. The van der Waals surface area contributed by atoms with Gasteiger partial charge in [0.05, 0.1) is 0 Å². The summed E-state index contributed by atoms with van der Waals surface area (Å²) in [6.07, 6.45) is 0.480. The molecule has 0 nitrogen and oxygen atoms in total. The molecular formula is C16H14Br2F2. The fourth-order valence-corrected chi connectivity index (χ4v) is 3.43. The molecule has 0 saturated carbocycles. The zero-order valence-electron chi connectivity index (χ0n) is 11.2. The number of alkyl halides is 1. The first-order valence-electron chi connectivity index (χ1n) is 6.23. The Bertz CT molecular complexity index is 639. The van der Waals surface area contributed by atoms with Crippen LogP contribution in [0.25, 0.3) is 0 Å². The normalized spacial score (nSPS) is 12.5. The van der Waals surface area contributed by atoms with E-state index < -0.39 is 11.6 Å². The Morgan fingerprint density at radius 1 is 1.05 bits per heavy atom. The van der Waals surface area contributed by atoms with Gasteiger partial charge in [-0.3, -0.25) is 0 Å². The van der Waals surface area contributed by atoms with E-state index in [0.29, 0.717) is 12.0 Å². The van der Waals surface area contributed by atoms with Crippen LogP contribution in [-0.4, -0.2) is 0 Å². The summed E-state index contributed by atoms with van der Waals surface area (Å²) >= 11 is 7.11. The number of aryl methyl sites for hydroxylation is 2. The topological polar surface area (TPSA) is 0 Å².